The number of aliphatic carboxylic acids is 1. The zero-order valence-corrected chi connectivity index (χ0v) is 11.9. The van der Waals surface area contributed by atoms with Gasteiger partial charge in [0.25, 0.3) is 0 Å². The van der Waals surface area contributed by atoms with E-state index in [0.717, 1.165) is 0 Å². The van der Waals surface area contributed by atoms with Gasteiger partial charge in [-0.3, -0.25) is 4.79 Å². The van der Waals surface area contributed by atoms with Gasteiger partial charge in [0, 0.05) is 6.07 Å². The predicted molar refractivity (Wildman–Crippen MR) is 71.2 cm³/mol. The molecule has 0 aliphatic carbocycles. The molecular weight excluding hydrogens is 279 g/mol. The molecule has 1 aromatic heterocycles. The van der Waals surface area contributed by atoms with Crippen LogP contribution in [0.15, 0.2) is 18.2 Å². The molecule has 0 atom stereocenters. The van der Waals surface area contributed by atoms with E-state index in [1.54, 1.807) is 19.9 Å². The zero-order chi connectivity index (χ0) is 15.6. The van der Waals surface area contributed by atoms with E-state index in [2.05, 4.69) is 15.5 Å². The number of methoxy groups -OCH3 is 1. The molecule has 0 fully saturated rings. The Morgan fingerprint density at radius 2 is 2.19 bits per heavy atom. The van der Waals surface area contributed by atoms with Crippen molar-refractivity contribution in [2.75, 3.05) is 7.11 Å². The molecule has 0 radical (unpaired) electrons. The molecule has 0 amide bonds. The van der Waals surface area contributed by atoms with Crippen LogP contribution in [0, 0.1) is 11.2 Å². The number of aromatic nitrogens is 4. The number of carboxylic acids is 1. The second kappa shape index (κ2) is 5.47. The number of tetrazole rings is 1. The second-order valence-corrected chi connectivity index (χ2v) is 5.19. The monoisotopic (exact) mass is 294 g/mol. The molecule has 0 saturated carbocycles. The van der Waals surface area contributed by atoms with Crippen molar-refractivity contribution in [2.45, 2.75) is 20.4 Å². The number of benzene rings is 1. The van der Waals surface area contributed by atoms with Crippen molar-refractivity contribution in [3.05, 3.63) is 24.0 Å². The van der Waals surface area contributed by atoms with Crippen LogP contribution >= 0.6 is 0 Å². The van der Waals surface area contributed by atoms with Crippen molar-refractivity contribution < 1.29 is 19.0 Å². The number of hydrogen-bond donors (Lipinski definition) is 1. The molecular formula is C13H15FN4O3. The predicted octanol–water partition coefficient (Wildman–Crippen LogP) is 1.60. The highest BCUT2D eigenvalue weighted by Gasteiger charge is 2.30. The van der Waals surface area contributed by atoms with Gasteiger partial charge in [0.2, 0.25) is 0 Å². The van der Waals surface area contributed by atoms with Gasteiger partial charge < -0.3 is 9.84 Å². The maximum Gasteiger partial charge on any atom is 0.310 e. The van der Waals surface area contributed by atoms with Crippen LogP contribution in [0.25, 0.3) is 11.4 Å². The van der Waals surface area contributed by atoms with Crippen molar-refractivity contribution in [3.63, 3.8) is 0 Å². The topological polar surface area (TPSA) is 90.1 Å². The molecule has 0 spiro atoms. The number of rotatable bonds is 5. The fraction of sp³-hybridized carbons (Fsp3) is 0.385. The van der Waals surface area contributed by atoms with E-state index in [1.165, 1.54) is 23.9 Å². The van der Waals surface area contributed by atoms with Crippen LogP contribution in [-0.2, 0) is 11.3 Å². The Morgan fingerprint density at radius 1 is 1.48 bits per heavy atom. The van der Waals surface area contributed by atoms with Crippen LogP contribution in [0.4, 0.5) is 4.39 Å². The lowest BCUT2D eigenvalue weighted by molar-refractivity contribution is -0.147. The van der Waals surface area contributed by atoms with E-state index >= 15 is 0 Å². The average molecular weight is 294 g/mol. The first-order valence-electron chi connectivity index (χ1n) is 6.18. The van der Waals surface area contributed by atoms with Gasteiger partial charge in [-0.25, -0.2) is 9.07 Å². The number of hydrogen-bond acceptors (Lipinski definition) is 5. The second-order valence-electron chi connectivity index (χ2n) is 5.19. The van der Waals surface area contributed by atoms with Crippen LogP contribution in [-0.4, -0.2) is 38.4 Å². The van der Waals surface area contributed by atoms with E-state index < -0.39 is 17.2 Å². The minimum Gasteiger partial charge on any atom is -0.497 e. The highest BCUT2D eigenvalue weighted by Crippen LogP contribution is 2.26. The van der Waals surface area contributed by atoms with Gasteiger partial charge in [-0.05, 0) is 36.4 Å². The lowest BCUT2D eigenvalue weighted by Crippen LogP contribution is -2.30. The molecule has 1 heterocycles. The van der Waals surface area contributed by atoms with Gasteiger partial charge in [0.1, 0.15) is 11.6 Å². The summed E-state index contributed by atoms with van der Waals surface area (Å²) < 4.78 is 20.3. The molecule has 2 aromatic rings. The number of halogens is 1. The van der Waals surface area contributed by atoms with Crippen LogP contribution in [0.5, 0.6) is 5.75 Å². The van der Waals surface area contributed by atoms with E-state index in [-0.39, 0.29) is 17.9 Å². The fourth-order valence-electron chi connectivity index (χ4n) is 1.75. The summed E-state index contributed by atoms with van der Waals surface area (Å²) in [5.74, 6) is -0.983. The van der Waals surface area contributed by atoms with Crippen molar-refractivity contribution in [3.8, 4) is 17.1 Å². The van der Waals surface area contributed by atoms with Gasteiger partial charge in [-0.15, -0.1) is 5.10 Å². The minimum atomic E-state index is -1.08. The Labute approximate surface area is 120 Å². The lowest BCUT2D eigenvalue weighted by Gasteiger charge is -2.19. The molecule has 112 valence electrons. The fourth-order valence-corrected chi connectivity index (χ4v) is 1.75. The third kappa shape index (κ3) is 2.99. The zero-order valence-electron chi connectivity index (χ0n) is 11.9. The summed E-state index contributed by atoms with van der Waals surface area (Å²) in [6.45, 7) is 3.12. The van der Waals surface area contributed by atoms with E-state index in [1.807, 2.05) is 0 Å². The molecule has 1 aromatic carbocycles. The van der Waals surface area contributed by atoms with Crippen LogP contribution in [0.1, 0.15) is 13.8 Å². The van der Waals surface area contributed by atoms with Crippen molar-refractivity contribution >= 4 is 5.97 Å². The van der Waals surface area contributed by atoms with Crippen molar-refractivity contribution in [2.24, 2.45) is 5.41 Å². The Bertz CT molecular complexity index is 669. The minimum absolute atomic E-state index is 0.0239. The summed E-state index contributed by atoms with van der Waals surface area (Å²) in [6, 6.07) is 4.29. The highest BCUT2D eigenvalue weighted by molar-refractivity contribution is 5.73. The smallest absolute Gasteiger partial charge is 0.310 e. The quantitative estimate of drug-likeness (QED) is 0.900. The first-order valence-corrected chi connectivity index (χ1v) is 6.18. The molecule has 21 heavy (non-hydrogen) atoms. The molecule has 7 nitrogen and oxygen atoms in total. The molecule has 1 N–H and O–H groups in total. The number of ether oxygens (including phenoxy) is 1. The van der Waals surface area contributed by atoms with E-state index in [0.29, 0.717) is 5.75 Å². The van der Waals surface area contributed by atoms with Gasteiger partial charge in [0.05, 0.1) is 24.6 Å². The maximum absolute atomic E-state index is 14.1. The van der Waals surface area contributed by atoms with Crippen molar-refractivity contribution in [1.29, 1.82) is 0 Å². The van der Waals surface area contributed by atoms with Crippen molar-refractivity contribution in [1.82, 2.24) is 20.2 Å². The maximum atomic E-state index is 14.1. The summed E-state index contributed by atoms with van der Waals surface area (Å²) in [4.78, 5) is 11.2. The summed E-state index contributed by atoms with van der Waals surface area (Å²) >= 11 is 0. The van der Waals surface area contributed by atoms with Gasteiger partial charge >= 0.3 is 5.97 Å². The molecule has 0 unspecified atom stereocenters. The third-order valence-electron chi connectivity index (χ3n) is 3.07. The summed E-state index contributed by atoms with van der Waals surface area (Å²) in [7, 11) is 1.44. The standard InChI is InChI=1S/C13H15FN4O3/c1-13(2,12(19)20)7-18-11(15-16-17-18)9-5-4-8(21-3)6-10(9)14/h4-6H,7H2,1-3H3,(H,19,20). The molecule has 0 aliphatic heterocycles. The third-order valence-corrected chi connectivity index (χ3v) is 3.07. The van der Waals surface area contributed by atoms with Crippen LogP contribution in [0.3, 0.4) is 0 Å². The Kier molecular flexibility index (Phi) is 3.88. The first kappa shape index (κ1) is 14.9. The largest absolute Gasteiger partial charge is 0.497 e. The number of carbonyl (C=O) groups is 1. The lowest BCUT2D eigenvalue weighted by atomic mass is 9.94. The van der Waals surface area contributed by atoms with Gasteiger partial charge in [-0.1, -0.05) is 0 Å². The van der Waals surface area contributed by atoms with E-state index in [9.17, 15) is 9.18 Å². The summed E-state index contributed by atoms with van der Waals surface area (Å²) in [5.41, 5.74) is -0.894. The van der Waals surface area contributed by atoms with Crippen LogP contribution < -0.4 is 4.74 Å². The first-order chi connectivity index (χ1) is 9.85. The Morgan fingerprint density at radius 3 is 2.76 bits per heavy atom. The molecule has 0 bridgehead atoms. The SMILES string of the molecule is COc1ccc(-c2nnnn2CC(C)(C)C(=O)O)c(F)c1. The van der Waals surface area contributed by atoms with Gasteiger partial charge in [-0.2, -0.15) is 0 Å². The Hall–Kier alpha value is -2.51. The molecule has 0 aliphatic rings. The van der Waals surface area contributed by atoms with Gasteiger partial charge in [0.15, 0.2) is 5.82 Å². The summed E-state index contributed by atoms with van der Waals surface area (Å²) in [6.07, 6.45) is 0. The molecule has 8 heteroatoms. The number of nitrogens with zero attached hydrogens (tertiary/aromatic N) is 4. The average Bonchev–Trinajstić information content (AvgIpc) is 2.85. The molecule has 2 rings (SSSR count). The Balaban J connectivity index is 2.39. The normalized spacial score (nSPS) is 11.4. The van der Waals surface area contributed by atoms with Crippen LogP contribution in [0.2, 0.25) is 0 Å². The summed E-state index contributed by atoms with van der Waals surface area (Å²) in [5, 5.41) is 20.2. The van der Waals surface area contributed by atoms with E-state index in [4.69, 9.17) is 9.84 Å². The molecule has 0 saturated heterocycles. The highest BCUT2D eigenvalue weighted by atomic mass is 19.1. The number of carboxylic acid groups (broad SMARTS) is 1.